The van der Waals surface area contributed by atoms with Crippen LogP contribution < -0.4 is 11.4 Å². The van der Waals surface area contributed by atoms with Crippen molar-refractivity contribution in [2.75, 3.05) is 0 Å². The number of aromatic nitrogens is 3. The standard InChI is InChI=1S/C14H22N4OS2/c1-5-10(15)12(11-7-6-9(4)20-11)21-14-17-16-13(19)18(14)8(2)3/h6-8,10,12H,5,15H2,1-4H3,(H,16,19). The van der Waals surface area contributed by atoms with E-state index >= 15 is 0 Å². The third-order valence-electron chi connectivity index (χ3n) is 3.32. The number of hydrogen-bond acceptors (Lipinski definition) is 5. The molecule has 0 aromatic carbocycles. The van der Waals surface area contributed by atoms with Gasteiger partial charge in [-0.2, -0.15) is 0 Å². The van der Waals surface area contributed by atoms with E-state index in [1.165, 1.54) is 9.75 Å². The van der Waals surface area contributed by atoms with Gasteiger partial charge in [-0.25, -0.2) is 9.89 Å². The summed E-state index contributed by atoms with van der Waals surface area (Å²) in [7, 11) is 0. The molecule has 0 saturated heterocycles. The van der Waals surface area contributed by atoms with Gasteiger partial charge in [-0.05, 0) is 39.3 Å². The molecular weight excluding hydrogens is 304 g/mol. The van der Waals surface area contributed by atoms with Crippen molar-refractivity contribution >= 4 is 23.1 Å². The van der Waals surface area contributed by atoms with Crippen molar-refractivity contribution in [2.45, 2.75) is 56.6 Å². The van der Waals surface area contributed by atoms with E-state index in [4.69, 9.17) is 5.73 Å². The monoisotopic (exact) mass is 326 g/mol. The van der Waals surface area contributed by atoms with Gasteiger partial charge in [-0.15, -0.1) is 16.4 Å². The predicted octanol–water partition coefficient (Wildman–Crippen LogP) is 3.09. The van der Waals surface area contributed by atoms with Crippen molar-refractivity contribution in [2.24, 2.45) is 5.73 Å². The summed E-state index contributed by atoms with van der Waals surface area (Å²) in [5, 5.41) is 7.52. The zero-order valence-corrected chi connectivity index (χ0v) is 14.4. The highest BCUT2D eigenvalue weighted by atomic mass is 32.2. The Morgan fingerprint density at radius 1 is 1.48 bits per heavy atom. The highest BCUT2D eigenvalue weighted by Crippen LogP contribution is 2.40. The largest absolute Gasteiger partial charge is 0.344 e. The summed E-state index contributed by atoms with van der Waals surface area (Å²) in [5.74, 6) is 0. The fourth-order valence-electron chi connectivity index (χ4n) is 2.12. The predicted molar refractivity (Wildman–Crippen MR) is 89.2 cm³/mol. The van der Waals surface area contributed by atoms with Crippen molar-refractivity contribution < 1.29 is 0 Å². The topological polar surface area (TPSA) is 76.7 Å². The molecular formula is C14H22N4OS2. The second-order valence-corrected chi connectivity index (χ2v) is 7.76. The van der Waals surface area contributed by atoms with Crippen LogP contribution in [0.15, 0.2) is 22.1 Å². The summed E-state index contributed by atoms with van der Waals surface area (Å²) < 4.78 is 1.68. The van der Waals surface area contributed by atoms with Crippen molar-refractivity contribution in [3.05, 3.63) is 32.4 Å². The number of aryl methyl sites for hydroxylation is 1. The van der Waals surface area contributed by atoms with E-state index in [9.17, 15) is 4.79 Å². The molecule has 0 saturated carbocycles. The van der Waals surface area contributed by atoms with Gasteiger partial charge in [0, 0.05) is 21.8 Å². The Morgan fingerprint density at radius 3 is 2.71 bits per heavy atom. The zero-order chi connectivity index (χ0) is 15.6. The quantitative estimate of drug-likeness (QED) is 0.800. The molecule has 2 rings (SSSR count). The Labute approximate surface area is 132 Å². The molecule has 116 valence electrons. The number of rotatable bonds is 6. The first-order valence-electron chi connectivity index (χ1n) is 7.09. The Hall–Kier alpha value is -1.05. The number of thioether (sulfide) groups is 1. The molecule has 2 aromatic rings. The number of aromatic amines is 1. The van der Waals surface area contributed by atoms with E-state index < -0.39 is 0 Å². The summed E-state index contributed by atoms with van der Waals surface area (Å²) in [5.41, 5.74) is 6.13. The number of nitrogens with one attached hydrogen (secondary N) is 1. The number of H-pyrrole nitrogens is 1. The fraction of sp³-hybridized carbons (Fsp3) is 0.571. The van der Waals surface area contributed by atoms with Crippen LogP contribution in [0.25, 0.3) is 0 Å². The van der Waals surface area contributed by atoms with Crippen LogP contribution in [0.3, 0.4) is 0 Å². The first-order chi connectivity index (χ1) is 9.93. The van der Waals surface area contributed by atoms with Crippen LogP contribution in [0.4, 0.5) is 0 Å². The van der Waals surface area contributed by atoms with Crippen molar-refractivity contribution in [3.63, 3.8) is 0 Å². The fourth-order valence-corrected chi connectivity index (χ4v) is 4.64. The third-order valence-corrected chi connectivity index (χ3v) is 5.91. The lowest BCUT2D eigenvalue weighted by Crippen LogP contribution is -2.26. The molecule has 2 atom stereocenters. The van der Waals surface area contributed by atoms with Crippen LogP contribution in [-0.4, -0.2) is 20.8 Å². The summed E-state index contributed by atoms with van der Waals surface area (Å²) >= 11 is 3.32. The minimum atomic E-state index is -0.168. The molecule has 2 aromatic heterocycles. The molecule has 0 radical (unpaired) electrons. The van der Waals surface area contributed by atoms with Gasteiger partial charge in [0.1, 0.15) is 0 Å². The molecule has 7 heteroatoms. The van der Waals surface area contributed by atoms with Gasteiger partial charge in [0.05, 0.1) is 5.25 Å². The third kappa shape index (κ3) is 3.59. The molecule has 0 aliphatic carbocycles. The lowest BCUT2D eigenvalue weighted by molar-refractivity contribution is 0.531. The SMILES string of the molecule is CCC(N)C(Sc1n[nH]c(=O)n1C(C)C)c1ccc(C)s1. The van der Waals surface area contributed by atoms with Gasteiger partial charge in [0.2, 0.25) is 0 Å². The van der Waals surface area contributed by atoms with Crippen LogP contribution >= 0.6 is 23.1 Å². The highest BCUT2D eigenvalue weighted by Gasteiger charge is 2.25. The van der Waals surface area contributed by atoms with Gasteiger partial charge in [-0.1, -0.05) is 18.7 Å². The van der Waals surface area contributed by atoms with Gasteiger partial charge >= 0.3 is 5.69 Å². The number of thiophene rings is 1. The van der Waals surface area contributed by atoms with E-state index in [0.29, 0.717) is 5.16 Å². The highest BCUT2D eigenvalue weighted by molar-refractivity contribution is 7.99. The first-order valence-corrected chi connectivity index (χ1v) is 8.79. The Balaban J connectivity index is 2.34. The molecule has 0 fully saturated rings. The maximum atomic E-state index is 11.8. The summed E-state index contributed by atoms with van der Waals surface area (Å²) in [6.45, 7) is 8.13. The van der Waals surface area contributed by atoms with Crippen molar-refractivity contribution in [1.82, 2.24) is 14.8 Å². The zero-order valence-electron chi connectivity index (χ0n) is 12.8. The normalized spacial score (nSPS) is 14.6. The average Bonchev–Trinajstić information content (AvgIpc) is 3.01. The summed E-state index contributed by atoms with van der Waals surface area (Å²) in [6.07, 6.45) is 0.880. The van der Waals surface area contributed by atoms with E-state index in [0.717, 1.165) is 6.42 Å². The van der Waals surface area contributed by atoms with Crippen LogP contribution in [0.1, 0.15) is 48.2 Å². The minimum absolute atomic E-state index is 0.0282. The second kappa shape index (κ2) is 6.81. The Kier molecular flexibility index (Phi) is 5.29. The number of nitrogens with two attached hydrogens (primary N) is 1. The second-order valence-electron chi connectivity index (χ2n) is 5.33. The van der Waals surface area contributed by atoms with E-state index in [-0.39, 0.29) is 23.0 Å². The van der Waals surface area contributed by atoms with Crippen LogP contribution in [0, 0.1) is 6.92 Å². The minimum Gasteiger partial charge on any atom is -0.326 e. The Morgan fingerprint density at radius 2 is 2.19 bits per heavy atom. The van der Waals surface area contributed by atoms with E-state index in [1.807, 2.05) is 13.8 Å². The summed E-state index contributed by atoms with van der Waals surface area (Å²) in [4.78, 5) is 14.3. The Bertz CT molecular complexity index is 643. The maximum Gasteiger partial charge on any atom is 0.344 e. The molecule has 2 unspecified atom stereocenters. The molecule has 21 heavy (non-hydrogen) atoms. The van der Waals surface area contributed by atoms with Gasteiger partial charge in [0.15, 0.2) is 5.16 Å². The molecule has 0 spiro atoms. The molecule has 0 bridgehead atoms. The van der Waals surface area contributed by atoms with Gasteiger partial charge in [-0.3, -0.25) is 4.57 Å². The van der Waals surface area contributed by atoms with E-state index in [1.54, 1.807) is 27.7 Å². The van der Waals surface area contributed by atoms with Gasteiger partial charge in [0.25, 0.3) is 0 Å². The van der Waals surface area contributed by atoms with Crippen molar-refractivity contribution in [1.29, 1.82) is 0 Å². The summed E-state index contributed by atoms with van der Waals surface area (Å²) in [6, 6.07) is 4.33. The lowest BCUT2D eigenvalue weighted by Gasteiger charge is -2.21. The van der Waals surface area contributed by atoms with Crippen molar-refractivity contribution in [3.8, 4) is 0 Å². The molecule has 5 nitrogen and oxygen atoms in total. The first kappa shape index (κ1) is 16.3. The lowest BCUT2D eigenvalue weighted by atomic mass is 10.1. The van der Waals surface area contributed by atoms with Gasteiger partial charge < -0.3 is 5.73 Å². The van der Waals surface area contributed by atoms with Crippen LogP contribution in [0.2, 0.25) is 0 Å². The molecule has 0 aliphatic heterocycles. The molecule has 0 amide bonds. The number of nitrogens with zero attached hydrogens (tertiary/aromatic N) is 2. The van der Waals surface area contributed by atoms with E-state index in [2.05, 4.69) is 36.2 Å². The molecule has 2 heterocycles. The number of hydrogen-bond donors (Lipinski definition) is 2. The molecule has 0 aliphatic rings. The smallest absolute Gasteiger partial charge is 0.326 e. The molecule has 3 N–H and O–H groups in total. The van der Waals surface area contributed by atoms with Crippen LogP contribution in [-0.2, 0) is 0 Å². The maximum absolute atomic E-state index is 11.8. The van der Waals surface area contributed by atoms with Crippen LogP contribution in [0.5, 0.6) is 0 Å². The average molecular weight is 326 g/mol.